The molecule has 0 amide bonds. The standard InChI is InChI=1S/C12H11F2N3O6/c13-5-3-1-17(11-8(20)7(19)4(2-18)23-11)12(22)16-9(3)15-10(21)6(5)14/h1,4,7-8,11,18-20H,2H2,(H,15,16,21,22)/t4-,7?,8?,11-/m1/s1. The minimum Gasteiger partial charge on any atom is -0.394 e. The Morgan fingerprint density at radius 3 is 2.57 bits per heavy atom. The van der Waals surface area contributed by atoms with Gasteiger partial charge in [0.25, 0.3) is 5.56 Å². The molecule has 1 aliphatic rings. The highest BCUT2D eigenvalue weighted by atomic mass is 19.2. The molecule has 1 fully saturated rings. The Morgan fingerprint density at radius 1 is 1.26 bits per heavy atom. The number of aromatic amines is 1. The number of rotatable bonds is 2. The molecule has 0 saturated carbocycles. The molecular weight excluding hydrogens is 320 g/mol. The maximum Gasteiger partial charge on any atom is 0.351 e. The maximum absolute atomic E-state index is 13.8. The van der Waals surface area contributed by atoms with Crippen molar-refractivity contribution in [1.82, 2.24) is 14.5 Å². The van der Waals surface area contributed by atoms with E-state index < -0.39 is 65.1 Å². The first kappa shape index (κ1) is 15.7. The molecule has 1 aliphatic heterocycles. The number of aliphatic hydroxyl groups is 3. The van der Waals surface area contributed by atoms with Gasteiger partial charge in [0.1, 0.15) is 18.3 Å². The summed E-state index contributed by atoms with van der Waals surface area (Å²) in [5.41, 5.74) is -2.87. The molecule has 23 heavy (non-hydrogen) atoms. The lowest BCUT2D eigenvalue weighted by atomic mass is 10.1. The number of nitrogens with one attached hydrogen (secondary N) is 1. The molecule has 0 aromatic carbocycles. The lowest BCUT2D eigenvalue weighted by molar-refractivity contribution is -0.0547. The molecule has 2 aromatic rings. The third kappa shape index (κ3) is 2.34. The van der Waals surface area contributed by atoms with E-state index in [-0.39, 0.29) is 0 Å². The molecular formula is C12H11F2N3O6. The molecule has 3 rings (SSSR count). The first-order valence-corrected chi connectivity index (χ1v) is 6.47. The predicted molar refractivity (Wildman–Crippen MR) is 69.5 cm³/mol. The first-order valence-electron chi connectivity index (χ1n) is 6.47. The zero-order valence-electron chi connectivity index (χ0n) is 11.3. The highest BCUT2D eigenvalue weighted by Crippen LogP contribution is 2.28. The van der Waals surface area contributed by atoms with Gasteiger partial charge in [0.05, 0.1) is 12.0 Å². The Morgan fingerprint density at radius 2 is 1.96 bits per heavy atom. The van der Waals surface area contributed by atoms with Crippen LogP contribution in [-0.4, -0.2) is 54.8 Å². The van der Waals surface area contributed by atoms with Crippen molar-refractivity contribution in [2.45, 2.75) is 24.5 Å². The molecule has 9 nitrogen and oxygen atoms in total. The van der Waals surface area contributed by atoms with E-state index in [9.17, 15) is 28.6 Å². The fourth-order valence-electron chi connectivity index (χ4n) is 2.40. The Hall–Kier alpha value is -2.21. The quantitative estimate of drug-likeness (QED) is 0.498. The average molecular weight is 331 g/mol. The highest BCUT2D eigenvalue weighted by molar-refractivity contribution is 5.73. The minimum absolute atomic E-state index is 0.470. The molecule has 0 radical (unpaired) electrons. The van der Waals surface area contributed by atoms with Gasteiger partial charge in [0.15, 0.2) is 17.7 Å². The Bertz CT molecular complexity index is 881. The summed E-state index contributed by atoms with van der Waals surface area (Å²) in [7, 11) is 0. The van der Waals surface area contributed by atoms with Gasteiger partial charge in [0.2, 0.25) is 5.82 Å². The Kier molecular flexibility index (Phi) is 3.72. The molecule has 2 aromatic heterocycles. The van der Waals surface area contributed by atoms with Crippen LogP contribution in [0.25, 0.3) is 11.0 Å². The molecule has 4 N–H and O–H groups in total. The lowest BCUT2D eigenvalue weighted by Crippen LogP contribution is -2.36. The number of fused-ring (bicyclic) bond motifs is 1. The number of hydrogen-bond acceptors (Lipinski definition) is 7. The van der Waals surface area contributed by atoms with Crippen molar-refractivity contribution in [3.63, 3.8) is 0 Å². The zero-order valence-corrected chi connectivity index (χ0v) is 11.3. The zero-order chi connectivity index (χ0) is 16.9. The smallest absolute Gasteiger partial charge is 0.351 e. The molecule has 0 aliphatic carbocycles. The van der Waals surface area contributed by atoms with Crippen LogP contribution in [0.2, 0.25) is 0 Å². The van der Waals surface area contributed by atoms with Gasteiger partial charge in [-0.05, 0) is 0 Å². The maximum atomic E-state index is 13.8. The summed E-state index contributed by atoms with van der Waals surface area (Å²) in [6.45, 7) is -0.624. The molecule has 3 heterocycles. The number of pyridine rings is 1. The first-order chi connectivity index (χ1) is 10.8. The SMILES string of the molecule is O=c1[nH]c2nc(=O)n([C@@H]3O[C@H](CO)C(O)C3O)cc2c(F)c1F. The van der Waals surface area contributed by atoms with Crippen LogP contribution in [0, 0.1) is 11.6 Å². The number of H-pyrrole nitrogens is 1. The van der Waals surface area contributed by atoms with Gasteiger partial charge >= 0.3 is 5.69 Å². The molecule has 0 spiro atoms. The topological polar surface area (TPSA) is 138 Å². The largest absolute Gasteiger partial charge is 0.394 e. The number of halogens is 2. The van der Waals surface area contributed by atoms with Crippen LogP contribution in [0.5, 0.6) is 0 Å². The van der Waals surface area contributed by atoms with E-state index in [1.807, 2.05) is 4.98 Å². The van der Waals surface area contributed by atoms with Crippen molar-refractivity contribution < 1.29 is 28.8 Å². The summed E-state index contributed by atoms with van der Waals surface area (Å²) in [6.07, 6.45) is -4.89. The predicted octanol–water partition coefficient (Wildman–Crippen LogP) is -2.03. The molecule has 0 bridgehead atoms. The number of aromatic nitrogens is 3. The third-order valence-corrected chi connectivity index (χ3v) is 3.60. The number of hydrogen-bond donors (Lipinski definition) is 4. The van der Waals surface area contributed by atoms with E-state index in [4.69, 9.17) is 9.84 Å². The van der Waals surface area contributed by atoms with Crippen molar-refractivity contribution in [2.75, 3.05) is 6.61 Å². The van der Waals surface area contributed by atoms with Gasteiger partial charge in [-0.2, -0.15) is 9.37 Å². The van der Waals surface area contributed by atoms with Crippen LogP contribution < -0.4 is 11.2 Å². The van der Waals surface area contributed by atoms with Crippen molar-refractivity contribution >= 4 is 11.0 Å². The van der Waals surface area contributed by atoms with Crippen LogP contribution >= 0.6 is 0 Å². The van der Waals surface area contributed by atoms with Crippen LogP contribution in [0.15, 0.2) is 15.8 Å². The van der Waals surface area contributed by atoms with Crippen molar-refractivity contribution in [3.05, 3.63) is 38.7 Å². The highest BCUT2D eigenvalue weighted by Gasteiger charge is 2.43. The van der Waals surface area contributed by atoms with Gasteiger partial charge < -0.3 is 25.0 Å². The molecule has 4 atom stereocenters. The normalized spacial score (nSPS) is 27.7. The summed E-state index contributed by atoms with van der Waals surface area (Å²) in [6, 6.07) is 0. The van der Waals surface area contributed by atoms with E-state index in [0.717, 1.165) is 6.20 Å². The van der Waals surface area contributed by atoms with Crippen molar-refractivity contribution in [2.24, 2.45) is 0 Å². The lowest BCUT2D eigenvalue weighted by Gasteiger charge is -2.17. The second-order valence-electron chi connectivity index (χ2n) is 5.00. The summed E-state index contributed by atoms with van der Waals surface area (Å²) in [5, 5.41) is 28.1. The monoisotopic (exact) mass is 331 g/mol. The van der Waals surface area contributed by atoms with Gasteiger partial charge in [-0.15, -0.1) is 0 Å². The second kappa shape index (κ2) is 5.45. The van der Waals surface area contributed by atoms with Crippen LogP contribution in [0.1, 0.15) is 6.23 Å². The summed E-state index contributed by atoms with van der Waals surface area (Å²) >= 11 is 0. The average Bonchev–Trinajstić information content (AvgIpc) is 2.80. The summed E-state index contributed by atoms with van der Waals surface area (Å²) in [5.74, 6) is -3.19. The molecule has 11 heteroatoms. The fourth-order valence-corrected chi connectivity index (χ4v) is 2.40. The Balaban J connectivity index is 2.18. The number of aliphatic hydroxyl groups excluding tert-OH is 3. The van der Waals surface area contributed by atoms with Crippen molar-refractivity contribution in [1.29, 1.82) is 0 Å². The summed E-state index contributed by atoms with van der Waals surface area (Å²) in [4.78, 5) is 28.4. The van der Waals surface area contributed by atoms with E-state index in [1.54, 1.807) is 0 Å². The van der Waals surface area contributed by atoms with E-state index >= 15 is 0 Å². The van der Waals surface area contributed by atoms with Gasteiger partial charge in [-0.1, -0.05) is 0 Å². The van der Waals surface area contributed by atoms with Gasteiger partial charge in [-0.25, -0.2) is 9.18 Å². The fraction of sp³-hybridized carbons (Fsp3) is 0.417. The third-order valence-electron chi connectivity index (χ3n) is 3.60. The van der Waals surface area contributed by atoms with E-state index in [0.29, 0.717) is 4.57 Å². The Labute approximate surface area is 125 Å². The molecule has 1 saturated heterocycles. The van der Waals surface area contributed by atoms with Crippen molar-refractivity contribution in [3.8, 4) is 0 Å². The van der Waals surface area contributed by atoms with E-state index in [2.05, 4.69) is 4.98 Å². The van der Waals surface area contributed by atoms with E-state index in [1.165, 1.54) is 0 Å². The summed E-state index contributed by atoms with van der Waals surface area (Å²) < 4.78 is 32.9. The van der Waals surface area contributed by atoms with Gasteiger partial charge in [0, 0.05) is 6.20 Å². The minimum atomic E-state index is -1.68. The molecule has 2 unspecified atom stereocenters. The molecule has 124 valence electrons. The number of nitrogens with zero attached hydrogens (tertiary/aromatic N) is 2. The van der Waals surface area contributed by atoms with Gasteiger partial charge in [-0.3, -0.25) is 9.36 Å². The van der Waals surface area contributed by atoms with Crippen LogP contribution in [-0.2, 0) is 4.74 Å². The van der Waals surface area contributed by atoms with Crippen LogP contribution in [0.3, 0.4) is 0 Å². The number of ether oxygens (including phenoxy) is 1. The second-order valence-corrected chi connectivity index (χ2v) is 5.00. The van der Waals surface area contributed by atoms with Crippen LogP contribution in [0.4, 0.5) is 8.78 Å².